The molecule has 2 aromatic heterocycles. The standard InChI is InChI=1S/C26H30N4O3/c1-4-28(5-2)15-11-17-30-23(19-12-7-6-8-13-19)21(25(32)26(30)33)24(31)22-18(3)27-20-14-9-10-16-29(20)22/h6-10,12-14,16,23,31H,4-5,11,15,17H2,1-3H3/b24-21+. The number of rotatable bonds is 8. The van der Waals surface area contributed by atoms with Crippen LogP contribution in [0, 0.1) is 6.92 Å². The smallest absolute Gasteiger partial charge is 0.295 e. The van der Waals surface area contributed by atoms with Crippen molar-refractivity contribution in [1.29, 1.82) is 0 Å². The third-order valence-electron chi connectivity index (χ3n) is 6.49. The quantitative estimate of drug-likeness (QED) is 0.320. The van der Waals surface area contributed by atoms with Crippen LogP contribution in [0.1, 0.15) is 43.3 Å². The van der Waals surface area contributed by atoms with Crippen LogP contribution in [0.3, 0.4) is 0 Å². The van der Waals surface area contributed by atoms with Crippen LogP contribution in [0.5, 0.6) is 0 Å². The first-order valence-electron chi connectivity index (χ1n) is 11.6. The molecule has 0 radical (unpaired) electrons. The van der Waals surface area contributed by atoms with Crippen molar-refractivity contribution in [2.45, 2.75) is 33.2 Å². The molecule has 1 amide bonds. The van der Waals surface area contributed by atoms with Gasteiger partial charge in [0, 0.05) is 24.7 Å². The molecule has 1 aromatic carbocycles. The second-order valence-corrected chi connectivity index (χ2v) is 8.42. The molecule has 3 heterocycles. The Bertz CT molecular complexity index is 1190. The fourth-order valence-corrected chi connectivity index (χ4v) is 4.70. The van der Waals surface area contributed by atoms with Gasteiger partial charge in [-0.3, -0.25) is 9.59 Å². The number of Topliss-reactive ketones (excluding diaryl/α,β-unsaturated/α-hetero) is 1. The molecule has 3 aromatic rings. The molecule has 0 saturated carbocycles. The normalized spacial score (nSPS) is 18.1. The zero-order valence-electron chi connectivity index (χ0n) is 19.4. The van der Waals surface area contributed by atoms with Crippen LogP contribution < -0.4 is 10.0 Å². The summed E-state index contributed by atoms with van der Waals surface area (Å²) in [5.41, 5.74) is 2.27. The Kier molecular flexibility index (Phi) is 6.60. The van der Waals surface area contributed by atoms with E-state index in [4.69, 9.17) is 0 Å². The predicted molar refractivity (Wildman–Crippen MR) is 124 cm³/mol. The van der Waals surface area contributed by atoms with Crippen LogP contribution in [-0.4, -0.2) is 52.2 Å². The molecule has 0 spiro atoms. The molecular formula is C26H30N4O3. The molecular weight excluding hydrogens is 416 g/mol. The highest BCUT2D eigenvalue weighted by atomic mass is 16.3. The van der Waals surface area contributed by atoms with E-state index in [2.05, 4.69) is 18.8 Å². The fraction of sp³-hybridized carbons (Fsp3) is 0.346. The summed E-state index contributed by atoms with van der Waals surface area (Å²) in [6, 6.07) is 14.1. The Morgan fingerprint density at radius 2 is 1.76 bits per heavy atom. The minimum Gasteiger partial charge on any atom is -0.871 e. The van der Waals surface area contributed by atoms with E-state index >= 15 is 0 Å². The lowest BCUT2D eigenvalue weighted by Crippen LogP contribution is -3.11. The monoisotopic (exact) mass is 446 g/mol. The molecule has 1 aliphatic heterocycles. The van der Waals surface area contributed by atoms with E-state index in [0.29, 0.717) is 23.6 Å². The Morgan fingerprint density at radius 3 is 2.45 bits per heavy atom. The van der Waals surface area contributed by atoms with Gasteiger partial charge in [0.15, 0.2) is 0 Å². The summed E-state index contributed by atoms with van der Waals surface area (Å²) in [6.07, 6.45) is 2.52. The van der Waals surface area contributed by atoms with Crippen LogP contribution in [-0.2, 0) is 9.59 Å². The molecule has 1 fully saturated rings. The Hall–Kier alpha value is -3.45. The molecule has 1 aliphatic rings. The molecule has 7 heteroatoms. The predicted octanol–water partition coefficient (Wildman–Crippen LogP) is 1.18. The molecule has 7 nitrogen and oxygen atoms in total. The number of fused-ring (bicyclic) bond motifs is 1. The van der Waals surface area contributed by atoms with Gasteiger partial charge in [0.25, 0.3) is 5.91 Å². The van der Waals surface area contributed by atoms with Crippen LogP contribution in [0.2, 0.25) is 0 Å². The van der Waals surface area contributed by atoms with Crippen LogP contribution in [0.4, 0.5) is 0 Å². The van der Waals surface area contributed by atoms with E-state index in [1.807, 2.05) is 48.5 Å². The molecule has 1 saturated heterocycles. The number of ketones is 1. The van der Waals surface area contributed by atoms with Crippen molar-refractivity contribution in [2.75, 3.05) is 26.2 Å². The number of hydrogen-bond acceptors (Lipinski definition) is 4. The number of nitrogens with zero attached hydrogens (tertiary/aromatic N) is 3. The molecule has 0 aliphatic carbocycles. The lowest BCUT2D eigenvalue weighted by Gasteiger charge is -2.28. The second-order valence-electron chi connectivity index (χ2n) is 8.42. The number of carbonyl (C=O) groups is 2. The fourth-order valence-electron chi connectivity index (χ4n) is 4.70. The number of quaternary nitrogens is 1. The number of imidazole rings is 1. The lowest BCUT2D eigenvalue weighted by molar-refractivity contribution is -0.896. The van der Waals surface area contributed by atoms with Crippen LogP contribution in [0.15, 0.2) is 60.3 Å². The largest absolute Gasteiger partial charge is 0.871 e. The minimum absolute atomic E-state index is 0.00939. The molecule has 0 bridgehead atoms. The summed E-state index contributed by atoms with van der Waals surface area (Å²) in [7, 11) is 0. The van der Waals surface area contributed by atoms with E-state index in [-0.39, 0.29) is 5.57 Å². The van der Waals surface area contributed by atoms with Gasteiger partial charge in [-0.05, 0) is 38.5 Å². The number of amides is 1. The summed E-state index contributed by atoms with van der Waals surface area (Å²) in [5.74, 6) is -1.75. The summed E-state index contributed by atoms with van der Waals surface area (Å²) in [6.45, 7) is 9.38. The van der Waals surface area contributed by atoms with Gasteiger partial charge in [-0.15, -0.1) is 0 Å². The number of likely N-dealkylation sites (tertiary alicyclic amines) is 1. The summed E-state index contributed by atoms with van der Waals surface area (Å²) < 4.78 is 1.69. The van der Waals surface area contributed by atoms with Gasteiger partial charge < -0.3 is 19.3 Å². The number of benzene rings is 1. The van der Waals surface area contributed by atoms with Gasteiger partial charge in [0.1, 0.15) is 5.65 Å². The number of nitrogens with one attached hydrogen (secondary N) is 1. The number of pyridine rings is 1. The van der Waals surface area contributed by atoms with E-state index in [1.165, 1.54) is 4.90 Å². The zero-order valence-corrected chi connectivity index (χ0v) is 19.4. The molecule has 1 unspecified atom stereocenters. The van der Waals surface area contributed by atoms with Gasteiger partial charge >= 0.3 is 0 Å². The maximum absolute atomic E-state index is 13.8. The highest BCUT2D eigenvalue weighted by Crippen LogP contribution is 2.39. The van der Waals surface area contributed by atoms with Gasteiger partial charge in [-0.25, -0.2) is 4.98 Å². The maximum atomic E-state index is 13.8. The van der Waals surface area contributed by atoms with E-state index < -0.39 is 23.5 Å². The number of aryl methyl sites for hydroxylation is 1. The highest BCUT2D eigenvalue weighted by molar-refractivity contribution is 6.46. The summed E-state index contributed by atoms with van der Waals surface area (Å²) in [5, 5.41) is 13.8. The van der Waals surface area contributed by atoms with Gasteiger partial charge in [-0.2, -0.15) is 0 Å². The third kappa shape index (κ3) is 4.16. The minimum atomic E-state index is -0.714. The van der Waals surface area contributed by atoms with E-state index in [9.17, 15) is 14.7 Å². The lowest BCUT2D eigenvalue weighted by atomic mass is 9.96. The van der Waals surface area contributed by atoms with Gasteiger partial charge in [-0.1, -0.05) is 42.2 Å². The molecule has 33 heavy (non-hydrogen) atoms. The average molecular weight is 447 g/mol. The van der Waals surface area contributed by atoms with Crippen molar-refractivity contribution in [1.82, 2.24) is 14.3 Å². The molecule has 4 rings (SSSR count). The molecule has 172 valence electrons. The Morgan fingerprint density at radius 1 is 1.06 bits per heavy atom. The number of hydrogen-bond donors (Lipinski definition) is 1. The van der Waals surface area contributed by atoms with Gasteiger partial charge in [0.05, 0.1) is 37.1 Å². The second kappa shape index (κ2) is 9.58. The van der Waals surface area contributed by atoms with Crippen molar-refractivity contribution in [3.63, 3.8) is 0 Å². The Labute approximate surface area is 194 Å². The van der Waals surface area contributed by atoms with Crippen LogP contribution in [0.25, 0.3) is 11.4 Å². The first kappa shape index (κ1) is 22.7. The number of carbonyl (C=O) groups excluding carboxylic acids is 2. The van der Waals surface area contributed by atoms with Crippen molar-refractivity contribution < 1.29 is 19.6 Å². The topological polar surface area (TPSA) is 82.2 Å². The van der Waals surface area contributed by atoms with Crippen molar-refractivity contribution >= 4 is 23.1 Å². The van der Waals surface area contributed by atoms with Gasteiger partial charge in [0.2, 0.25) is 5.78 Å². The van der Waals surface area contributed by atoms with Crippen molar-refractivity contribution in [3.05, 3.63) is 77.3 Å². The first-order chi connectivity index (χ1) is 16.0. The zero-order chi connectivity index (χ0) is 23.5. The van der Waals surface area contributed by atoms with Crippen LogP contribution >= 0.6 is 0 Å². The molecule has 1 atom stereocenters. The Balaban J connectivity index is 1.80. The SMILES string of the molecule is CC[NH+](CC)CCCN1C(=O)C(=O)/C(=C(/[O-])c2c(C)nc3ccccn23)C1c1ccccc1. The van der Waals surface area contributed by atoms with E-state index in [0.717, 1.165) is 31.6 Å². The maximum Gasteiger partial charge on any atom is 0.295 e. The average Bonchev–Trinajstić information content (AvgIpc) is 3.30. The molecule has 1 N–H and O–H groups in total. The highest BCUT2D eigenvalue weighted by Gasteiger charge is 2.44. The van der Waals surface area contributed by atoms with E-state index in [1.54, 1.807) is 22.4 Å². The summed E-state index contributed by atoms with van der Waals surface area (Å²) in [4.78, 5) is 33.8. The summed E-state index contributed by atoms with van der Waals surface area (Å²) >= 11 is 0. The van der Waals surface area contributed by atoms with Crippen molar-refractivity contribution in [3.8, 4) is 0 Å². The first-order valence-corrected chi connectivity index (χ1v) is 11.6. The van der Waals surface area contributed by atoms with Crippen molar-refractivity contribution in [2.24, 2.45) is 0 Å². The number of aromatic nitrogens is 2. The third-order valence-corrected chi connectivity index (χ3v) is 6.49.